The summed E-state index contributed by atoms with van der Waals surface area (Å²) >= 11 is 0.697. The maximum Gasteiger partial charge on any atom is 0.343 e. The summed E-state index contributed by atoms with van der Waals surface area (Å²) in [7, 11) is 2.66. The van der Waals surface area contributed by atoms with Crippen molar-refractivity contribution >= 4 is 46.5 Å². The monoisotopic (exact) mass is 500 g/mol. The van der Waals surface area contributed by atoms with Crippen LogP contribution in [-0.4, -0.2) is 61.9 Å². The molecule has 11 heteroatoms. The number of imide groups is 1. The first-order chi connectivity index (χ1) is 16.9. The summed E-state index contributed by atoms with van der Waals surface area (Å²) in [6, 6.07) is 11.7. The van der Waals surface area contributed by atoms with E-state index in [0.29, 0.717) is 41.1 Å². The molecule has 1 heterocycles. The minimum Gasteiger partial charge on any atom is -0.494 e. The van der Waals surface area contributed by atoms with Gasteiger partial charge in [-0.2, -0.15) is 0 Å². The van der Waals surface area contributed by atoms with Crippen LogP contribution in [0, 0.1) is 0 Å². The molecule has 0 atom stereocenters. The molecule has 2 aromatic rings. The van der Waals surface area contributed by atoms with Gasteiger partial charge in [-0.3, -0.25) is 19.3 Å². The van der Waals surface area contributed by atoms with Crippen LogP contribution in [0.3, 0.4) is 0 Å². The highest BCUT2D eigenvalue weighted by molar-refractivity contribution is 8.18. The summed E-state index contributed by atoms with van der Waals surface area (Å²) in [5.74, 6) is -0.545. The van der Waals surface area contributed by atoms with Crippen molar-refractivity contribution in [2.45, 2.75) is 6.92 Å². The molecule has 35 heavy (non-hydrogen) atoms. The first kappa shape index (κ1) is 25.6. The van der Waals surface area contributed by atoms with Crippen LogP contribution in [0.15, 0.2) is 47.4 Å². The smallest absolute Gasteiger partial charge is 0.343 e. The van der Waals surface area contributed by atoms with E-state index in [9.17, 15) is 19.2 Å². The largest absolute Gasteiger partial charge is 0.494 e. The third-order valence-corrected chi connectivity index (χ3v) is 5.61. The molecule has 3 amide bonds. The normalized spacial score (nSPS) is 14.1. The Morgan fingerprint density at radius 2 is 1.80 bits per heavy atom. The maximum absolute atomic E-state index is 12.9. The van der Waals surface area contributed by atoms with E-state index in [1.54, 1.807) is 42.5 Å². The summed E-state index contributed by atoms with van der Waals surface area (Å²) < 4.78 is 20.8. The molecule has 0 bridgehead atoms. The number of hydrogen-bond donors (Lipinski definition) is 1. The van der Waals surface area contributed by atoms with Gasteiger partial charge in [0.15, 0.2) is 18.1 Å². The molecule has 1 fully saturated rings. The van der Waals surface area contributed by atoms with Crippen molar-refractivity contribution in [2.75, 3.05) is 39.3 Å². The van der Waals surface area contributed by atoms with Crippen molar-refractivity contribution in [3.63, 3.8) is 0 Å². The second kappa shape index (κ2) is 11.9. The number of thioether (sulfide) groups is 1. The third kappa shape index (κ3) is 6.54. The van der Waals surface area contributed by atoms with Crippen molar-refractivity contribution in [1.82, 2.24) is 4.90 Å². The third-order valence-electron chi connectivity index (χ3n) is 4.70. The Kier molecular flexibility index (Phi) is 8.74. The summed E-state index contributed by atoms with van der Waals surface area (Å²) in [4.78, 5) is 50.2. The average Bonchev–Trinajstić information content (AvgIpc) is 3.11. The highest BCUT2D eigenvalue weighted by Gasteiger charge is 2.36. The van der Waals surface area contributed by atoms with Crippen molar-refractivity contribution in [3.05, 3.63) is 52.9 Å². The molecule has 0 unspecified atom stereocenters. The van der Waals surface area contributed by atoms with E-state index in [0.717, 1.165) is 4.90 Å². The molecule has 2 aromatic carbocycles. The lowest BCUT2D eigenvalue weighted by atomic mass is 10.1. The highest BCUT2D eigenvalue weighted by Crippen LogP contribution is 2.37. The van der Waals surface area contributed by atoms with Crippen LogP contribution in [0.25, 0.3) is 6.08 Å². The number of benzene rings is 2. The molecule has 184 valence electrons. The Balaban J connectivity index is 1.73. The Morgan fingerprint density at radius 1 is 1.06 bits per heavy atom. The first-order valence-electron chi connectivity index (χ1n) is 10.5. The van der Waals surface area contributed by atoms with Gasteiger partial charge in [-0.25, -0.2) is 4.79 Å². The van der Waals surface area contributed by atoms with Gasteiger partial charge in [0.1, 0.15) is 12.3 Å². The summed E-state index contributed by atoms with van der Waals surface area (Å²) in [5, 5.41) is 2.07. The van der Waals surface area contributed by atoms with Crippen molar-refractivity contribution in [1.29, 1.82) is 0 Å². The van der Waals surface area contributed by atoms with E-state index >= 15 is 0 Å². The number of nitrogens with zero attached hydrogens (tertiary/aromatic N) is 1. The van der Waals surface area contributed by atoms with Gasteiger partial charge < -0.3 is 24.3 Å². The van der Waals surface area contributed by atoms with Crippen molar-refractivity contribution < 1.29 is 38.1 Å². The lowest BCUT2D eigenvalue weighted by Gasteiger charge is -2.13. The predicted octanol–water partition coefficient (Wildman–Crippen LogP) is 3.32. The fourth-order valence-electron chi connectivity index (χ4n) is 3.07. The molecular weight excluding hydrogens is 476 g/mol. The molecule has 1 saturated heterocycles. The number of carbonyl (C=O) groups excluding carboxylic acids is 4. The standard InChI is InChI=1S/C24H24N2O8S/c1-4-33-17-10-8-16(9-11-17)25-20(27)13-26-23(29)19(35-24(26)30)12-15-6-5-7-18(31-2)22(15)34-14-21(28)32-3/h5-12H,4,13-14H2,1-3H3,(H,25,27)/b19-12+. The number of methoxy groups -OCH3 is 2. The lowest BCUT2D eigenvalue weighted by Crippen LogP contribution is -2.36. The maximum atomic E-state index is 12.9. The van der Waals surface area contributed by atoms with Gasteiger partial charge in [0.25, 0.3) is 11.1 Å². The summed E-state index contributed by atoms with van der Waals surface area (Å²) in [6.45, 7) is 1.57. The summed E-state index contributed by atoms with van der Waals surface area (Å²) in [5.41, 5.74) is 0.919. The highest BCUT2D eigenvalue weighted by atomic mass is 32.2. The number of rotatable bonds is 10. The molecule has 1 aliphatic heterocycles. The average molecular weight is 501 g/mol. The van der Waals surface area contributed by atoms with Gasteiger partial charge in [0.2, 0.25) is 5.91 Å². The quantitative estimate of drug-likeness (QED) is 0.387. The van der Waals surface area contributed by atoms with Gasteiger partial charge in [-0.15, -0.1) is 0 Å². The van der Waals surface area contributed by atoms with Gasteiger partial charge in [-0.1, -0.05) is 12.1 Å². The zero-order valence-corrected chi connectivity index (χ0v) is 20.2. The number of nitrogens with one attached hydrogen (secondary N) is 1. The van der Waals surface area contributed by atoms with E-state index in [-0.39, 0.29) is 17.3 Å². The Morgan fingerprint density at radius 3 is 2.46 bits per heavy atom. The molecule has 1 N–H and O–H groups in total. The van der Waals surface area contributed by atoms with Crippen LogP contribution in [0.5, 0.6) is 17.2 Å². The number of para-hydroxylation sites is 1. The van der Waals surface area contributed by atoms with Crippen LogP contribution in [-0.2, 0) is 19.1 Å². The van der Waals surface area contributed by atoms with E-state index < -0.39 is 29.6 Å². The van der Waals surface area contributed by atoms with Crippen LogP contribution in [0.4, 0.5) is 10.5 Å². The van der Waals surface area contributed by atoms with Gasteiger partial charge in [-0.05, 0) is 55.1 Å². The fraction of sp³-hybridized carbons (Fsp3) is 0.250. The van der Waals surface area contributed by atoms with Crippen LogP contribution in [0.1, 0.15) is 12.5 Å². The molecule has 0 aliphatic carbocycles. The van der Waals surface area contributed by atoms with Gasteiger partial charge >= 0.3 is 5.97 Å². The molecule has 0 saturated carbocycles. The second-order valence-electron chi connectivity index (χ2n) is 7.02. The predicted molar refractivity (Wildman–Crippen MR) is 129 cm³/mol. The van der Waals surface area contributed by atoms with Crippen molar-refractivity contribution in [2.24, 2.45) is 0 Å². The molecule has 1 aliphatic rings. The molecular formula is C24H24N2O8S. The molecule has 0 radical (unpaired) electrons. The van der Waals surface area contributed by atoms with Gasteiger partial charge in [0, 0.05) is 11.3 Å². The number of hydrogen-bond acceptors (Lipinski definition) is 9. The van der Waals surface area contributed by atoms with Crippen molar-refractivity contribution in [3.8, 4) is 17.2 Å². The number of amides is 3. The zero-order valence-electron chi connectivity index (χ0n) is 19.4. The zero-order chi connectivity index (χ0) is 25.4. The SMILES string of the molecule is CCOc1ccc(NC(=O)CN2C(=O)S/C(=C/c3cccc(OC)c3OCC(=O)OC)C2=O)cc1. The van der Waals surface area contributed by atoms with Crippen LogP contribution in [0.2, 0.25) is 0 Å². The number of ether oxygens (including phenoxy) is 4. The first-order valence-corrected chi connectivity index (χ1v) is 11.3. The van der Waals surface area contributed by atoms with Crippen LogP contribution < -0.4 is 19.5 Å². The second-order valence-corrected chi connectivity index (χ2v) is 8.01. The van der Waals surface area contributed by atoms with E-state index in [4.69, 9.17) is 14.2 Å². The number of anilines is 1. The molecule has 0 spiro atoms. The lowest BCUT2D eigenvalue weighted by molar-refractivity contribution is -0.143. The van der Waals surface area contributed by atoms with Gasteiger partial charge in [0.05, 0.1) is 25.7 Å². The number of esters is 1. The topological polar surface area (TPSA) is 120 Å². The molecule has 0 aromatic heterocycles. The van der Waals surface area contributed by atoms with E-state index in [2.05, 4.69) is 10.1 Å². The summed E-state index contributed by atoms with van der Waals surface area (Å²) in [6.07, 6.45) is 1.45. The Hall–Kier alpha value is -3.99. The Labute approximate surface area is 206 Å². The Bertz CT molecular complexity index is 1150. The molecule has 3 rings (SSSR count). The van der Waals surface area contributed by atoms with E-state index in [1.807, 2.05) is 6.92 Å². The van der Waals surface area contributed by atoms with Crippen LogP contribution >= 0.6 is 11.8 Å². The van der Waals surface area contributed by atoms with E-state index in [1.165, 1.54) is 20.3 Å². The minimum absolute atomic E-state index is 0.0973. The fourth-order valence-corrected chi connectivity index (χ4v) is 3.90. The minimum atomic E-state index is -0.622. The number of carbonyl (C=O) groups is 4. The molecule has 10 nitrogen and oxygen atoms in total.